The normalized spacial score (nSPS) is 44.2. The van der Waals surface area contributed by atoms with Crippen LogP contribution in [0.3, 0.4) is 0 Å². The van der Waals surface area contributed by atoms with Gasteiger partial charge in [0.1, 0.15) is 12.1 Å². The van der Waals surface area contributed by atoms with Gasteiger partial charge in [-0.05, 0) is 61.7 Å². The van der Waals surface area contributed by atoms with E-state index in [-0.39, 0.29) is 42.1 Å². The van der Waals surface area contributed by atoms with E-state index >= 15 is 0 Å². The van der Waals surface area contributed by atoms with E-state index in [2.05, 4.69) is 0 Å². The fourth-order valence-electron chi connectivity index (χ4n) is 8.27. The van der Waals surface area contributed by atoms with Gasteiger partial charge in [-0.15, -0.1) is 0 Å². The van der Waals surface area contributed by atoms with Crippen LogP contribution in [0, 0.1) is 34.5 Å². The minimum atomic E-state index is -5.17. The van der Waals surface area contributed by atoms with Gasteiger partial charge in [0.05, 0.1) is 5.60 Å². The zero-order valence-corrected chi connectivity index (χ0v) is 18.1. The third kappa shape index (κ3) is 3.08. The Morgan fingerprint density at radius 1 is 1.09 bits per heavy atom. The Labute approximate surface area is 183 Å². The molecule has 0 radical (unpaired) electrons. The Hall–Kier alpha value is -1.84. The summed E-state index contributed by atoms with van der Waals surface area (Å²) in [4.78, 5) is 38.9. The summed E-state index contributed by atoms with van der Waals surface area (Å²) in [6.45, 7) is 4.01. The van der Waals surface area contributed by atoms with Crippen LogP contribution in [-0.4, -0.2) is 63.3 Å². The van der Waals surface area contributed by atoms with Gasteiger partial charge in [0.15, 0.2) is 0 Å². The number of aliphatic hydroxyl groups is 1. The highest BCUT2D eigenvalue weighted by atomic mass is 19.4. The smallest absolute Gasteiger partial charge is 0.471 e. The number of fused-ring (bicyclic) bond motifs is 1. The average Bonchev–Trinajstić information content (AvgIpc) is 2.98. The molecular formula is C22H29F3N2O5. The Kier molecular flexibility index (Phi) is 4.39. The Morgan fingerprint density at radius 3 is 2.19 bits per heavy atom. The highest BCUT2D eigenvalue weighted by molar-refractivity contribution is 5.93. The SMILES string of the molecule is CC1(C)[C@@H]2[C@@H](C(=O)O)N(C(=O)[C@@H](NC(=O)C(F)(F)F)C34C[C@@H]5C[C@@H](CC(O)(C5)C3)C4)C[C@@H]21. The number of nitrogens with one attached hydrogen (secondary N) is 1. The maximum atomic E-state index is 13.7. The van der Waals surface area contributed by atoms with Crippen LogP contribution >= 0.6 is 0 Å². The van der Waals surface area contributed by atoms with Crippen molar-refractivity contribution in [1.82, 2.24) is 10.2 Å². The molecule has 2 amide bonds. The van der Waals surface area contributed by atoms with Crippen molar-refractivity contribution >= 4 is 17.8 Å². The van der Waals surface area contributed by atoms with Crippen molar-refractivity contribution in [3.63, 3.8) is 0 Å². The third-order valence-electron chi connectivity index (χ3n) is 9.21. The molecule has 7 nitrogen and oxygen atoms in total. The predicted molar refractivity (Wildman–Crippen MR) is 104 cm³/mol. The number of nitrogens with zero attached hydrogens (tertiary/aromatic N) is 1. The molecule has 1 heterocycles. The zero-order valence-electron chi connectivity index (χ0n) is 18.1. The molecule has 1 aliphatic heterocycles. The van der Waals surface area contributed by atoms with Crippen molar-refractivity contribution in [3.8, 4) is 0 Å². The number of carboxylic acid groups (broad SMARTS) is 1. The van der Waals surface area contributed by atoms with Gasteiger partial charge in [-0.2, -0.15) is 13.2 Å². The number of rotatable bonds is 4. The number of piperidine rings is 1. The molecule has 10 heteroatoms. The first kappa shape index (κ1) is 22.0. The van der Waals surface area contributed by atoms with Crippen molar-refractivity contribution in [1.29, 1.82) is 0 Å². The highest BCUT2D eigenvalue weighted by Gasteiger charge is 2.71. The van der Waals surface area contributed by atoms with Crippen molar-refractivity contribution in [2.45, 2.75) is 76.2 Å². The van der Waals surface area contributed by atoms with Crippen LogP contribution in [0.4, 0.5) is 13.2 Å². The molecule has 178 valence electrons. The van der Waals surface area contributed by atoms with Gasteiger partial charge in [0, 0.05) is 17.9 Å². The van der Waals surface area contributed by atoms with Gasteiger partial charge in [-0.25, -0.2) is 4.79 Å². The molecule has 0 spiro atoms. The third-order valence-corrected chi connectivity index (χ3v) is 9.21. The number of alkyl halides is 3. The van der Waals surface area contributed by atoms with Crippen LogP contribution in [0.1, 0.15) is 52.4 Å². The lowest BCUT2D eigenvalue weighted by molar-refractivity contribution is -0.191. The molecule has 8 atom stereocenters. The molecule has 3 N–H and O–H groups in total. The molecular weight excluding hydrogens is 429 g/mol. The average molecular weight is 458 g/mol. The first-order valence-corrected chi connectivity index (χ1v) is 11.3. The number of hydrogen-bond acceptors (Lipinski definition) is 4. The number of amides is 2. The molecule has 6 fully saturated rings. The topological polar surface area (TPSA) is 107 Å². The molecule has 2 unspecified atom stereocenters. The quantitative estimate of drug-likeness (QED) is 0.597. The molecule has 0 aromatic heterocycles. The molecule has 1 saturated heterocycles. The maximum Gasteiger partial charge on any atom is 0.471 e. The van der Waals surface area contributed by atoms with E-state index < -0.39 is 47.1 Å². The zero-order chi connectivity index (χ0) is 23.4. The molecule has 4 bridgehead atoms. The largest absolute Gasteiger partial charge is 0.480 e. The fourth-order valence-corrected chi connectivity index (χ4v) is 8.27. The summed E-state index contributed by atoms with van der Waals surface area (Å²) < 4.78 is 39.6. The van der Waals surface area contributed by atoms with Gasteiger partial charge >= 0.3 is 18.1 Å². The van der Waals surface area contributed by atoms with Gasteiger partial charge in [-0.3, -0.25) is 9.59 Å². The maximum absolute atomic E-state index is 13.7. The van der Waals surface area contributed by atoms with Crippen molar-refractivity contribution < 1.29 is 37.8 Å². The lowest BCUT2D eigenvalue weighted by Gasteiger charge is -2.62. The second-order valence-electron chi connectivity index (χ2n) is 11.7. The van der Waals surface area contributed by atoms with Crippen LogP contribution < -0.4 is 5.32 Å². The fraction of sp³-hybridized carbons (Fsp3) is 0.864. The monoisotopic (exact) mass is 458 g/mol. The Morgan fingerprint density at radius 2 is 1.69 bits per heavy atom. The van der Waals surface area contributed by atoms with E-state index in [4.69, 9.17) is 0 Å². The predicted octanol–water partition coefficient (Wildman–Crippen LogP) is 1.93. The van der Waals surface area contributed by atoms with Crippen LogP contribution in [0.5, 0.6) is 0 Å². The highest BCUT2D eigenvalue weighted by Crippen LogP contribution is 2.66. The molecule has 6 rings (SSSR count). The van der Waals surface area contributed by atoms with Gasteiger partial charge in [0.2, 0.25) is 5.91 Å². The van der Waals surface area contributed by atoms with Gasteiger partial charge in [-0.1, -0.05) is 13.8 Å². The van der Waals surface area contributed by atoms with Crippen LogP contribution in [0.15, 0.2) is 0 Å². The van der Waals surface area contributed by atoms with E-state index in [0.717, 1.165) is 6.42 Å². The van der Waals surface area contributed by atoms with Crippen LogP contribution in [-0.2, 0) is 14.4 Å². The van der Waals surface area contributed by atoms with Crippen LogP contribution in [0.2, 0.25) is 0 Å². The second-order valence-corrected chi connectivity index (χ2v) is 11.7. The van der Waals surface area contributed by atoms with E-state index in [0.29, 0.717) is 25.7 Å². The standard InChI is InChI=1S/C22H29F3N2O5/c1-19(2)12-8-27(14(13(12)19)17(29)30)16(28)15(26-18(31)22(23,24)25)20-4-10-3-11(5-20)7-21(32,6-10)9-20/h10-15,32H,3-9H2,1-2H3,(H,26,31)(H,29,30)/t10-,11+,12-,13-,14-,15+,20?,21?/m0/s1. The minimum absolute atomic E-state index is 0.0351. The summed E-state index contributed by atoms with van der Waals surface area (Å²) >= 11 is 0. The molecule has 0 aromatic rings. The first-order valence-electron chi connectivity index (χ1n) is 11.3. The summed E-state index contributed by atoms with van der Waals surface area (Å²) in [5.74, 6) is -4.27. The van der Waals surface area contributed by atoms with Gasteiger partial charge in [0.25, 0.3) is 0 Å². The van der Waals surface area contributed by atoms with Crippen molar-refractivity contribution in [2.75, 3.05) is 6.54 Å². The molecule has 5 saturated carbocycles. The van der Waals surface area contributed by atoms with E-state index in [1.807, 2.05) is 19.2 Å². The number of carbonyl (C=O) groups excluding carboxylic acids is 2. The number of aliphatic carboxylic acids is 1. The molecule has 6 aliphatic rings. The molecule has 5 aliphatic carbocycles. The Balaban J connectivity index is 1.49. The number of carboxylic acids is 1. The lowest BCUT2D eigenvalue weighted by atomic mass is 9.46. The number of hydrogen-bond donors (Lipinski definition) is 3. The molecule has 32 heavy (non-hydrogen) atoms. The summed E-state index contributed by atoms with van der Waals surface area (Å²) in [5.41, 5.74) is -2.30. The second kappa shape index (κ2) is 6.39. The summed E-state index contributed by atoms with van der Waals surface area (Å²) in [5, 5.41) is 22.8. The first-order chi connectivity index (χ1) is 14.7. The van der Waals surface area contributed by atoms with E-state index in [1.165, 1.54) is 4.90 Å². The number of halogens is 3. The Bertz CT molecular complexity index is 873. The summed E-state index contributed by atoms with van der Waals surface area (Å²) in [6, 6.07) is -2.62. The van der Waals surface area contributed by atoms with E-state index in [1.54, 1.807) is 0 Å². The van der Waals surface area contributed by atoms with Crippen molar-refractivity contribution in [3.05, 3.63) is 0 Å². The van der Waals surface area contributed by atoms with E-state index in [9.17, 15) is 37.8 Å². The minimum Gasteiger partial charge on any atom is -0.480 e. The van der Waals surface area contributed by atoms with Crippen LogP contribution in [0.25, 0.3) is 0 Å². The molecule has 0 aromatic carbocycles. The number of carbonyl (C=O) groups is 3. The van der Waals surface area contributed by atoms with Gasteiger partial charge < -0.3 is 20.4 Å². The van der Waals surface area contributed by atoms with Crippen molar-refractivity contribution in [2.24, 2.45) is 34.5 Å². The summed E-state index contributed by atoms with van der Waals surface area (Å²) in [7, 11) is 0. The summed E-state index contributed by atoms with van der Waals surface area (Å²) in [6.07, 6.45) is -2.16. The number of likely N-dealkylation sites (tertiary alicyclic amines) is 1. The lowest BCUT2D eigenvalue weighted by Crippen LogP contribution is -2.67.